The van der Waals surface area contributed by atoms with Gasteiger partial charge in [0.2, 0.25) is 5.95 Å². The zero-order chi connectivity index (χ0) is 23.7. The maximum Gasteiger partial charge on any atom is 0.255 e. The Bertz CT molecular complexity index is 1520. The summed E-state index contributed by atoms with van der Waals surface area (Å²) in [6.45, 7) is 3.95. The molecule has 0 aliphatic carbocycles. The summed E-state index contributed by atoms with van der Waals surface area (Å²) >= 11 is 0. The highest BCUT2D eigenvalue weighted by molar-refractivity contribution is 6.04. The molecular weight excluding hydrogens is 426 g/mol. The third kappa shape index (κ3) is 4.16. The van der Waals surface area contributed by atoms with E-state index in [-0.39, 0.29) is 5.91 Å². The molecule has 34 heavy (non-hydrogen) atoms. The molecule has 0 radical (unpaired) electrons. The molecule has 8 nitrogen and oxygen atoms in total. The molecule has 2 heterocycles. The van der Waals surface area contributed by atoms with Crippen LogP contribution in [0.1, 0.15) is 21.5 Å². The Labute approximate surface area is 196 Å². The van der Waals surface area contributed by atoms with Crippen molar-refractivity contribution in [3.05, 3.63) is 95.8 Å². The molecule has 168 valence electrons. The van der Waals surface area contributed by atoms with Crippen LogP contribution in [-0.2, 0) is 0 Å². The van der Waals surface area contributed by atoms with Crippen LogP contribution in [0.3, 0.4) is 0 Å². The summed E-state index contributed by atoms with van der Waals surface area (Å²) < 4.78 is 1.89. The summed E-state index contributed by atoms with van der Waals surface area (Å²) in [5, 5.41) is 6.39. The molecule has 0 unspecified atom stereocenters. The lowest BCUT2D eigenvalue weighted by Gasteiger charge is -2.14. The number of aryl methyl sites for hydroxylation is 2. The van der Waals surface area contributed by atoms with Crippen molar-refractivity contribution in [2.24, 2.45) is 0 Å². The predicted molar refractivity (Wildman–Crippen MR) is 135 cm³/mol. The first-order valence-electron chi connectivity index (χ1n) is 10.8. The number of hydrogen-bond donors (Lipinski definition) is 3. The lowest BCUT2D eigenvalue weighted by molar-refractivity contribution is 0.102. The van der Waals surface area contributed by atoms with Crippen molar-refractivity contribution < 1.29 is 4.79 Å². The fraction of sp³-hybridized carbons (Fsp3) is 0.0769. The van der Waals surface area contributed by atoms with Crippen molar-refractivity contribution in [3.63, 3.8) is 0 Å². The first-order chi connectivity index (χ1) is 16.5. The second-order valence-corrected chi connectivity index (χ2v) is 8.04. The minimum Gasteiger partial charge on any atom is -0.384 e. The van der Waals surface area contributed by atoms with Gasteiger partial charge in [-0.1, -0.05) is 35.9 Å². The van der Waals surface area contributed by atoms with Crippen molar-refractivity contribution >= 4 is 40.1 Å². The summed E-state index contributed by atoms with van der Waals surface area (Å²) in [5.41, 5.74) is 11.7. The molecule has 2 aromatic heterocycles. The lowest BCUT2D eigenvalue weighted by atomic mass is 10.1. The van der Waals surface area contributed by atoms with Gasteiger partial charge in [0, 0.05) is 23.0 Å². The number of amides is 1. The first kappa shape index (κ1) is 21.1. The average Bonchev–Trinajstić information content (AvgIpc) is 3.19. The molecule has 1 amide bonds. The average molecular weight is 450 g/mol. The van der Waals surface area contributed by atoms with Crippen LogP contribution in [0.25, 0.3) is 16.9 Å². The van der Waals surface area contributed by atoms with Crippen molar-refractivity contribution in [2.45, 2.75) is 13.8 Å². The topological polar surface area (TPSA) is 111 Å². The van der Waals surface area contributed by atoms with Crippen LogP contribution in [0, 0.1) is 13.8 Å². The fourth-order valence-corrected chi connectivity index (χ4v) is 3.77. The summed E-state index contributed by atoms with van der Waals surface area (Å²) in [6, 6.07) is 22.7. The van der Waals surface area contributed by atoms with E-state index in [4.69, 9.17) is 10.7 Å². The second kappa shape index (κ2) is 8.67. The number of aromatic nitrogens is 4. The number of carbonyl (C=O) groups excluding carboxylic acids is 1. The van der Waals surface area contributed by atoms with Crippen molar-refractivity contribution in [2.75, 3.05) is 16.4 Å². The van der Waals surface area contributed by atoms with E-state index in [9.17, 15) is 4.79 Å². The van der Waals surface area contributed by atoms with E-state index in [1.807, 2.05) is 79.1 Å². The Kier molecular flexibility index (Phi) is 5.39. The standard InChI is InChI=1S/C26H23N7O/c1-16-6-5-7-18(12-16)25(34)30-19-11-10-17(2)21(13-19)32-26-31-20-8-3-4-9-22(20)33(26)24-14-23(27)28-15-29-24/h3-15H,1-2H3,(H,30,34)(H,31,32)(H2,27,28,29). The van der Waals surface area contributed by atoms with Crippen LogP contribution in [0.4, 0.5) is 23.1 Å². The largest absolute Gasteiger partial charge is 0.384 e. The van der Waals surface area contributed by atoms with Crippen LogP contribution in [0.15, 0.2) is 79.1 Å². The number of nitrogen functional groups attached to an aromatic ring is 1. The minimum absolute atomic E-state index is 0.165. The van der Waals surface area contributed by atoms with Crippen molar-refractivity contribution in [1.82, 2.24) is 19.5 Å². The quantitative estimate of drug-likeness (QED) is 0.348. The fourth-order valence-electron chi connectivity index (χ4n) is 3.77. The highest BCUT2D eigenvalue weighted by Crippen LogP contribution is 2.29. The number of anilines is 4. The zero-order valence-electron chi connectivity index (χ0n) is 18.8. The predicted octanol–water partition coefficient (Wildman–Crippen LogP) is 5.01. The summed E-state index contributed by atoms with van der Waals surface area (Å²) in [5.74, 6) is 1.38. The second-order valence-electron chi connectivity index (χ2n) is 8.04. The minimum atomic E-state index is -0.165. The number of carbonyl (C=O) groups is 1. The Balaban J connectivity index is 1.51. The molecule has 0 aliphatic heterocycles. The third-order valence-electron chi connectivity index (χ3n) is 5.49. The van der Waals surface area contributed by atoms with Crippen LogP contribution < -0.4 is 16.4 Å². The molecule has 4 N–H and O–H groups in total. The van der Waals surface area contributed by atoms with Gasteiger partial charge in [0.25, 0.3) is 5.91 Å². The van der Waals surface area contributed by atoms with Crippen LogP contribution in [-0.4, -0.2) is 25.4 Å². The van der Waals surface area contributed by atoms with Gasteiger partial charge in [-0.15, -0.1) is 0 Å². The molecule has 0 aliphatic rings. The third-order valence-corrected chi connectivity index (χ3v) is 5.49. The highest BCUT2D eigenvalue weighted by atomic mass is 16.1. The molecule has 0 bridgehead atoms. The molecule has 5 aromatic rings. The summed E-state index contributed by atoms with van der Waals surface area (Å²) in [7, 11) is 0. The maximum atomic E-state index is 12.7. The normalized spacial score (nSPS) is 10.9. The van der Waals surface area contributed by atoms with E-state index in [0.29, 0.717) is 28.8 Å². The number of fused-ring (bicyclic) bond motifs is 1. The van der Waals surface area contributed by atoms with Gasteiger partial charge in [-0.05, 0) is 55.8 Å². The van der Waals surface area contributed by atoms with Crippen LogP contribution in [0.2, 0.25) is 0 Å². The molecule has 0 saturated carbocycles. The monoisotopic (exact) mass is 449 g/mol. The Morgan fingerprint density at radius 1 is 0.941 bits per heavy atom. The van der Waals surface area contributed by atoms with Gasteiger partial charge in [-0.25, -0.2) is 15.0 Å². The summed E-state index contributed by atoms with van der Waals surface area (Å²) in [4.78, 5) is 25.9. The number of benzene rings is 3. The van der Waals surface area contributed by atoms with E-state index in [1.165, 1.54) is 6.33 Å². The molecule has 0 spiro atoms. The molecular formula is C26H23N7O. The number of nitrogens with two attached hydrogens (primary N) is 1. The van der Waals surface area contributed by atoms with Gasteiger partial charge < -0.3 is 16.4 Å². The van der Waals surface area contributed by atoms with E-state index in [1.54, 1.807) is 12.1 Å². The summed E-state index contributed by atoms with van der Waals surface area (Å²) in [6.07, 6.45) is 1.43. The maximum absolute atomic E-state index is 12.7. The molecule has 0 saturated heterocycles. The van der Waals surface area contributed by atoms with Gasteiger partial charge in [0.1, 0.15) is 18.0 Å². The highest BCUT2D eigenvalue weighted by Gasteiger charge is 2.15. The Morgan fingerprint density at radius 2 is 1.79 bits per heavy atom. The number of nitrogens with zero attached hydrogens (tertiary/aromatic N) is 4. The van der Waals surface area contributed by atoms with E-state index in [0.717, 1.165) is 27.8 Å². The van der Waals surface area contributed by atoms with Crippen LogP contribution in [0.5, 0.6) is 0 Å². The molecule has 0 fully saturated rings. The van der Waals surface area contributed by atoms with E-state index < -0.39 is 0 Å². The Morgan fingerprint density at radius 3 is 2.62 bits per heavy atom. The van der Waals surface area contributed by atoms with Gasteiger partial charge >= 0.3 is 0 Å². The Hall–Kier alpha value is -4.72. The van der Waals surface area contributed by atoms with Gasteiger partial charge in [-0.3, -0.25) is 9.36 Å². The number of nitrogens with one attached hydrogen (secondary N) is 2. The van der Waals surface area contributed by atoms with Gasteiger partial charge in [-0.2, -0.15) is 0 Å². The number of rotatable bonds is 5. The number of hydrogen-bond acceptors (Lipinski definition) is 6. The smallest absolute Gasteiger partial charge is 0.255 e. The molecule has 5 rings (SSSR count). The number of imidazole rings is 1. The van der Waals surface area contributed by atoms with Crippen molar-refractivity contribution in [3.8, 4) is 5.82 Å². The zero-order valence-corrected chi connectivity index (χ0v) is 18.8. The first-order valence-corrected chi connectivity index (χ1v) is 10.8. The SMILES string of the molecule is Cc1cccc(C(=O)Nc2ccc(C)c(Nc3nc4ccccc4n3-c3cc(N)ncn3)c2)c1. The van der Waals surface area contributed by atoms with E-state index in [2.05, 4.69) is 20.6 Å². The molecule has 3 aromatic carbocycles. The molecule has 8 heteroatoms. The van der Waals surface area contributed by atoms with E-state index >= 15 is 0 Å². The van der Waals surface area contributed by atoms with Crippen molar-refractivity contribution in [1.29, 1.82) is 0 Å². The van der Waals surface area contributed by atoms with Crippen LogP contribution >= 0.6 is 0 Å². The van der Waals surface area contributed by atoms with Gasteiger partial charge in [0.05, 0.1) is 11.0 Å². The molecule has 0 atom stereocenters. The lowest BCUT2D eigenvalue weighted by Crippen LogP contribution is -2.12. The van der Waals surface area contributed by atoms with Gasteiger partial charge in [0.15, 0.2) is 0 Å². The number of para-hydroxylation sites is 2.